The highest BCUT2D eigenvalue weighted by atomic mass is 16.2. The van der Waals surface area contributed by atoms with Gasteiger partial charge in [-0.3, -0.25) is 23.9 Å². The van der Waals surface area contributed by atoms with E-state index in [0.717, 1.165) is 4.57 Å². The van der Waals surface area contributed by atoms with Gasteiger partial charge in [0.2, 0.25) is 5.91 Å². The number of carbonyl (C=O) groups is 2. The van der Waals surface area contributed by atoms with Gasteiger partial charge >= 0.3 is 5.69 Å². The Morgan fingerprint density at radius 3 is 2.24 bits per heavy atom. The molecule has 0 fully saturated rings. The molecule has 7 heteroatoms. The molecule has 2 N–H and O–H groups in total. The normalized spacial score (nSPS) is 10.2. The van der Waals surface area contributed by atoms with Crippen LogP contribution in [0.25, 0.3) is 5.69 Å². The monoisotopic (exact) mass is 287 g/mol. The summed E-state index contributed by atoms with van der Waals surface area (Å²) in [5.41, 5.74) is -0.403. The Morgan fingerprint density at radius 1 is 1.10 bits per heavy atom. The molecule has 1 amide bonds. The molecule has 0 saturated carbocycles. The van der Waals surface area contributed by atoms with Crippen molar-refractivity contribution in [3.05, 3.63) is 56.9 Å². The Hall–Kier alpha value is -2.96. The van der Waals surface area contributed by atoms with Gasteiger partial charge in [0.25, 0.3) is 5.56 Å². The van der Waals surface area contributed by atoms with E-state index >= 15 is 0 Å². The largest absolute Gasteiger partial charge is 0.332 e. The summed E-state index contributed by atoms with van der Waals surface area (Å²) < 4.78 is 1.16. The minimum Gasteiger partial charge on any atom is -0.326 e. The fourth-order valence-corrected chi connectivity index (χ4v) is 1.82. The van der Waals surface area contributed by atoms with Crippen molar-refractivity contribution in [2.24, 2.45) is 0 Å². The predicted octanol–water partition coefficient (Wildman–Crippen LogP) is 0.687. The van der Waals surface area contributed by atoms with E-state index in [0.29, 0.717) is 11.4 Å². The average Bonchev–Trinajstić information content (AvgIpc) is 2.39. The van der Waals surface area contributed by atoms with Crippen molar-refractivity contribution in [1.82, 2.24) is 9.55 Å². The fraction of sp³-hybridized carbons (Fsp3) is 0.143. The van der Waals surface area contributed by atoms with E-state index in [-0.39, 0.29) is 11.5 Å². The van der Waals surface area contributed by atoms with Crippen LogP contribution in [0.5, 0.6) is 0 Å². The number of aromatic nitrogens is 2. The first-order valence-corrected chi connectivity index (χ1v) is 6.13. The van der Waals surface area contributed by atoms with Crippen LogP contribution in [0.3, 0.4) is 0 Å². The molecule has 0 aliphatic carbocycles. The molecule has 2 aromatic rings. The van der Waals surface area contributed by atoms with Gasteiger partial charge in [0, 0.05) is 18.8 Å². The van der Waals surface area contributed by atoms with Crippen LogP contribution in [0, 0.1) is 0 Å². The van der Waals surface area contributed by atoms with Gasteiger partial charge in [-0.05, 0) is 31.2 Å². The second-order valence-corrected chi connectivity index (χ2v) is 4.46. The lowest BCUT2D eigenvalue weighted by Crippen LogP contribution is -2.32. The van der Waals surface area contributed by atoms with Gasteiger partial charge in [-0.1, -0.05) is 0 Å². The van der Waals surface area contributed by atoms with Gasteiger partial charge in [-0.25, -0.2) is 4.79 Å². The minimum atomic E-state index is -0.710. The number of H-pyrrole nitrogens is 1. The zero-order chi connectivity index (χ0) is 15.6. The third kappa shape index (κ3) is 3.14. The van der Waals surface area contributed by atoms with Crippen LogP contribution < -0.4 is 16.6 Å². The number of amides is 1. The van der Waals surface area contributed by atoms with Crippen LogP contribution in [0.15, 0.2) is 40.1 Å². The van der Waals surface area contributed by atoms with E-state index in [1.807, 2.05) is 0 Å². The lowest BCUT2D eigenvalue weighted by Gasteiger charge is -2.08. The number of Topliss-reactive ketones (excluding diaryl/α,β-unsaturated/α-hetero) is 1. The number of anilines is 1. The molecule has 0 unspecified atom stereocenters. The molecule has 0 saturated heterocycles. The van der Waals surface area contributed by atoms with Crippen molar-refractivity contribution in [3.8, 4) is 5.69 Å². The Labute approximate surface area is 119 Å². The van der Waals surface area contributed by atoms with Crippen LogP contribution in [0.2, 0.25) is 0 Å². The number of rotatable bonds is 3. The Kier molecular flexibility index (Phi) is 3.84. The number of hydrogen-bond acceptors (Lipinski definition) is 4. The van der Waals surface area contributed by atoms with Gasteiger partial charge in [0.1, 0.15) is 0 Å². The number of hydrogen-bond donors (Lipinski definition) is 2. The van der Waals surface area contributed by atoms with Crippen molar-refractivity contribution < 1.29 is 9.59 Å². The van der Waals surface area contributed by atoms with E-state index in [4.69, 9.17) is 0 Å². The number of benzene rings is 1. The third-order valence-electron chi connectivity index (χ3n) is 2.79. The maximum Gasteiger partial charge on any atom is 0.332 e. The van der Waals surface area contributed by atoms with Crippen LogP contribution in [-0.2, 0) is 4.79 Å². The number of ketones is 1. The maximum absolute atomic E-state index is 11.8. The Morgan fingerprint density at radius 2 is 1.71 bits per heavy atom. The summed E-state index contributed by atoms with van der Waals surface area (Å²) >= 11 is 0. The number of nitrogens with one attached hydrogen (secondary N) is 2. The van der Waals surface area contributed by atoms with Crippen molar-refractivity contribution in [2.45, 2.75) is 13.8 Å². The van der Waals surface area contributed by atoms with Crippen molar-refractivity contribution in [2.75, 3.05) is 5.32 Å². The van der Waals surface area contributed by atoms with Crippen LogP contribution in [-0.4, -0.2) is 21.2 Å². The van der Waals surface area contributed by atoms with E-state index in [9.17, 15) is 19.2 Å². The van der Waals surface area contributed by atoms with Gasteiger partial charge in [-0.2, -0.15) is 0 Å². The van der Waals surface area contributed by atoms with E-state index in [1.165, 1.54) is 20.0 Å². The molecular weight excluding hydrogens is 274 g/mol. The minimum absolute atomic E-state index is 0.0967. The summed E-state index contributed by atoms with van der Waals surface area (Å²) in [5, 5.41) is 2.60. The van der Waals surface area contributed by atoms with Gasteiger partial charge in [0.05, 0.1) is 11.3 Å². The zero-order valence-electron chi connectivity index (χ0n) is 11.5. The van der Waals surface area contributed by atoms with Gasteiger partial charge in [-0.15, -0.1) is 0 Å². The second kappa shape index (κ2) is 5.58. The standard InChI is InChI=1S/C14H13N3O4/c1-8(18)12-7-17(14(21)16-13(12)20)11-5-3-10(4-6-11)15-9(2)19/h3-7H,1-2H3,(H,15,19)(H,16,20,21). The topological polar surface area (TPSA) is 101 Å². The summed E-state index contributed by atoms with van der Waals surface area (Å²) in [5.74, 6) is -0.636. The Balaban J connectivity index is 2.49. The first kappa shape index (κ1) is 14.4. The fourth-order valence-electron chi connectivity index (χ4n) is 1.82. The molecule has 0 aliphatic rings. The zero-order valence-corrected chi connectivity index (χ0v) is 11.5. The number of carbonyl (C=O) groups excluding carboxylic acids is 2. The first-order valence-electron chi connectivity index (χ1n) is 6.13. The molecule has 0 radical (unpaired) electrons. The molecule has 1 aromatic heterocycles. The molecule has 0 bridgehead atoms. The first-order chi connectivity index (χ1) is 9.88. The smallest absolute Gasteiger partial charge is 0.326 e. The summed E-state index contributed by atoms with van der Waals surface area (Å²) in [6.07, 6.45) is 1.21. The summed E-state index contributed by atoms with van der Waals surface area (Å²) in [4.78, 5) is 47.7. The summed E-state index contributed by atoms with van der Waals surface area (Å²) in [7, 11) is 0. The molecule has 0 atom stereocenters. The van der Waals surface area contributed by atoms with Crippen molar-refractivity contribution in [1.29, 1.82) is 0 Å². The van der Waals surface area contributed by atoms with Crippen LogP contribution in [0.1, 0.15) is 24.2 Å². The highest BCUT2D eigenvalue weighted by Crippen LogP contribution is 2.12. The van der Waals surface area contributed by atoms with Crippen molar-refractivity contribution in [3.63, 3.8) is 0 Å². The number of aromatic amines is 1. The summed E-state index contributed by atoms with van der Waals surface area (Å²) in [6, 6.07) is 6.41. The average molecular weight is 287 g/mol. The van der Waals surface area contributed by atoms with Crippen LogP contribution >= 0.6 is 0 Å². The molecule has 7 nitrogen and oxygen atoms in total. The van der Waals surface area contributed by atoms with E-state index < -0.39 is 17.0 Å². The molecule has 2 rings (SSSR count). The van der Waals surface area contributed by atoms with Crippen LogP contribution in [0.4, 0.5) is 5.69 Å². The highest BCUT2D eigenvalue weighted by Gasteiger charge is 2.10. The molecule has 1 aromatic carbocycles. The molecule has 1 heterocycles. The quantitative estimate of drug-likeness (QED) is 0.811. The van der Waals surface area contributed by atoms with Gasteiger partial charge < -0.3 is 5.32 Å². The molecule has 108 valence electrons. The van der Waals surface area contributed by atoms with E-state index in [2.05, 4.69) is 10.3 Å². The number of nitrogens with zero attached hydrogens (tertiary/aromatic N) is 1. The highest BCUT2D eigenvalue weighted by molar-refractivity contribution is 5.93. The molecule has 21 heavy (non-hydrogen) atoms. The lowest BCUT2D eigenvalue weighted by molar-refractivity contribution is -0.114. The molecule has 0 aliphatic heterocycles. The Bertz CT molecular complexity index is 815. The summed E-state index contributed by atoms with van der Waals surface area (Å²) in [6.45, 7) is 2.64. The maximum atomic E-state index is 11.8. The molecular formula is C14H13N3O4. The van der Waals surface area contributed by atoms with Crippen molar-refractivity contribution >= 4 is 17.4 Å². The van der Waals surface area contributed by atoms with E-state index in [1.54, 1.807) is 24.3 Å². The lowest BCUT2D eigenvalue weighted by atomic mass is 10.2. The van der Waals surface area contributed by atoms with Gasteiger partial charge in [0.15, 0.2) is 5.78 Å². The second-order valence-electron chi connectivity index (χ2n) is 4.46. The SMILES string of the molecule is CC(=O)Nc1ccc(-n2cc(C(C)=O)c(=O)[nH]c2=O)cc1. The third-order valence-corrected chi connectivity index (χ3v) is 2.79. The molecule has 0 spiro atoms. The predicted molar refractivity (Wildman–Crippen MR) is 77.0 cm³/mol.